The molecule has 94 valence electrons. The molecule has 1 aliphatic rings. The average Bonchev–Trinajstić information content (AvgIpc) is 2.94. The van der Waals surface area contributed by atoms with Gasteiger partial charge in [-0.1, -0.05) is 21.0 Å². The van der Waals surface area contributed by atoms with Gasteiger partial charge in [0.05, 0.1) is 6.61 Å². The largest absolute Gasteiger partial charge is 0.493 e. The molecule has 0 bridgehead atoms. The molecular weight excluding hydrogens is 298 g/mol. The van der Waals surface area contributed by atoms with E-state index in [4.69, 9.17) is 4.74 Å². The number of anilines is 1. The van der Waals surface area contributed by atoms with Gasteiger partial charge in [0.15, 0.2) is 0 Å². The number of hydrogen-bond acceptors (Lipinski definition) is 5. The second-order valence-corrected chi connectivity index (χ2v) is 5.05. The lowest BCUT2D eigenvalue weighted by molar-refractivity contribution is 0.354. The lowest BCUT2D eigenvalue weighted by Gasteiger charge is -2.10. The number of aryl methyl sites for hydroxylation is 1. The quantitative estimate of drug-likeness (QED) is 0.931. The number of fused-ring (bicyclic) bond motifs is 1. The van der Waals surface area contributed by atoms with Crippen molar-refractivity contribution in [2.75, 3.05) is 11.9 Å². The molecule has 6 nitrogen and oxygen atoms in total. The van der Waals surface area contributed by atoms with Crippen molar-refractivity contribution in [2.24, 2.45) is 7.05 Å². The van der Waals surface area contributed by atoms with Crippen LogP contribution in [0.25, 0.3) is 0 Å². The van der Waals surface area contributed by atoms with Crippen molar-refractivity contribution >= 4 is 21.9 Å². The van der Waals surface area contributed by atoms with Crippen LogP contribution in [0.3, 0.4) is 0 Å². The molecule has 0 aliphatic carbocycles. The minimum Gasteiger partial charge on any atom is -0.493 e. The molecule has 0 saturated heterocycles. The van der Waals surface area contributed by atoms with Gasteiger partial charge in [-0.3, -0.25) is 0 Å². The summed E-state index contributed by atoms with van der Waals surface area (Å²) in [5, 5.41) is 14.4. The minimum absolute atomic E-state index is 0.635. The first-order chi connectivity index (χ1) is 8.74. The molecule has 1 aliphatic heterocycles. The number of benzene rings is 1. The van der Waals surface area contributed by atoms with E-state index >= 15 is 0 Å². The van der Waals surface area contributed by atoms with Gasteiger partial charge in [0, 0.05) is 30.0 Å². The number of nitrogens with one attached hydrogen (secondary N) is 1. The highest BCUT2D eigenvalue weighted by molar-refractivity contribution is 9.10. The Morgan fingerprint density at radius 2 is 2.39 bits per heavy atom. The van der Waals surface area contributed by atoms with Crippen molar-refractivity contribution in [3.05, 3.63) is 27.7 Å². The molecular formula is C11H12BrN5O. The molecule has 0 atom stereocenters. The van der Waals surface area contributed by atoms with E-state index in [2.05, 4.69) is 48.9 Å². The lowest BCUT2D eigenvalue weighted by atomic mass is 10.1. The smallest absolute Gasteiger partial charge is 0.242 e. The molecule has 1 aromatic carbocycles. The van der Waals surface area contributed by atoms with Crippen LogP contribution in [0.4, 0.5) is 5.95 Å². The second-order valence-electron chi connectivity index (χ2n) is 4.13. The van der Waals surface area contributed by atoms with Crippen molar-refractivity contribution in [1.29, 1.82) is 0 Å². The van der Waals surface area contributed by atoms with Gasteiger partial charge in [0.1, 0.15) is 5.75 Å². The fraction of sp³-hybridized carbons (Fsp3) is 0.364. The van der Waals surface area contributed by atoms with Gasteiger partial charge in [-0.25, -0.2) is 4.68 Å². The Hall–Kier alpha value is -1.63. The Kier molecular flexibility index (Phi) is 2.91. The van der Waals surface area contributed by atoms with Crippen molar-refractivity contribution in [2.45, 2.75) is 13.0 Å². The maximum atomic E-state index is 5.67. The van der Waals surface area contributed by atoms with Gasteiger partial charge in [0.25, 0.3) is 0 Å². The third kappa shape index (κ3) is 2.05. The fourth-order valence-corrected chi connectivity index (χ4v) is 2.58. The summed E-state index contributed by atoms with van der Waals surface area (Å²) in [6, 6.07) is 4.16. The molecule has 0 fully saturated rings. The summed E-state index contributed by atoms with van der Waals surface area (Å²) in [4.78, 5) is 0. The molecule has 2 aromatic rings. The predicted octanol–water partition coefficient (Wildman–Crippen LogP) is 1.52. The first-order valence-electron chi connectivity index (χ1n) is 5.64. The Morgan fingerprint density at radius 1 is 1.50 bits per heavy atom. The van der Waals surface area contributed by atoms with Crippen LogP contribution in [0.15, 0.2) is 16.6 Å². The molecule has 0 radical (unpaired) electrons. The molecule has 0 spiro atoms. The van der Waals surface area contributed by atoms with Gasteiger partial charge in [-0.2, -0.15) is 0 Å². The Balaban J connectivity index is 1.83. The number of tetrazole rings is 1. The van der Waals surface area contributed by atoms with E-state index in [0.717, 1.165) is 28.8 Å². The monoisotopic (exact) mass is 309 g/mol. The predicted molar refractivity (Wildman–Crippen MR) is 69.5 cm³/mol. The topological polar surface area (TPSA) is 64.9 Å². The number of ether oxygens (including phenoxy) is 1. The summed E-state index contributed by atoms with van der Waals surface area (Å²) in [5.74, 6) is 1.63. The van der Waals surface area contributed by atoms with Crippen molar-refractivity contribution in [3.63, 3.8) is 0 Å². The zero-order valence-electron chi connectivity index (χ0n) is 9.85. The van der Waals surface area contributed by atoms with E-state index in [0.29, 0.717) is 12.5 Å². The van der Waals surface area contributed by atoms with Crippen LogP contribution in [0.2, 0.25) is 0 Å². The van der Waals surface area contributed by atoms with E-state index in [9.17, 15) is 0 Å². The highest BCUT2D eigenvalue weighted by Gasteiger charge is 2.17. The number of halogens is 1. The summed E-state index contributed by atoms with van der Waals surface area (Å²) in [7, 11) is 1.80. The van der Waals surface area contributed by atoms with E-state index in [1.165, 1.54) is 5.56 Å². The first kappa shape index (κ1) is 11.5. The zero-order chi connectivity index (χ0) is 12.5. The summed E-state index contributed by atoms with van der Waals surface area (Å²) >= 11 is 3.52. The number of hydrogen-bond donors (Lipinski definition) is 1. The molecule has 18 heavy (non-hydrogen) atoms. The minimum atomic E-state index is 0.635. The van der Waals surface area contributed by atoms with Gasteiger partial charge in [0.2, 0.25) is 5.95 Å². The van der Waals surface area contributed by atoms with Crippen LogP contribution in [0, 0.1) is 0 Å². The van der Waals surface area contributed by atoms with Crippen molar-refractivity contribution in [1.82, 2.24) is 20.2 Å². The van der Waals surface area contributed by atoms with Gasteiger partial charge >= 0.3 is 0 Å². The Morgan fingerprint density at radius 3 is 3.17 bits per heavy atom. The third-order valence-electron chi connectivity index (χ3n) is 2.88. The third-order valence-corrected chi connectivity index (χ3v) is 3.34. The maximum Gasteiger partial charge on any atom is 0.242 e. The molecule has 3 rings (SSSR count). The Bertz CT molecular complexity index is 583. The van der Waals surface area contributed by atoms with E-state index in [1.54, 1.807) is 11.7 Å². The normalized spacial score (nSPS) is 13.2. The summed E-state index contributed by atoms with van der Waals surface area (Å²) in [5.41, 5.74) is 2.36. The van der Waals surface area contributed by atoms with Crippen LogP contribution in [0.5, 0.6) is 5.75 Å². The molecule has 0 unspecified atom stereocenters. The van der Waals surface area contributed by atoms with E-state index in [1.807, 2.05) is 0 Å². The summed E-state index contributed by atoms with van der Waals surface area (Å²) in [6.07, 6.45) is 0.966. The summed E-state index contributed by atoms with van der Waals surface area (Å²) in [6.45, 7) is 1.39. The van der Waals surface area contributed by atoms with Gasteiger partial charge in [-0.05, 0) is 28.1 Å². The van der Waals surface area contributed by atoms with Gasteiger partial charge < -0.3 is 10.1 Å². The van der Waals surface area contributed by atoms with Crippen LogP contribution in [-0.2, 0) is 20.0 Å². The number of nitrogens with zero attached hydrogens (tertiary/aromatic N) is 4. The van der Waals surface area contributed by atoms with E-state index in [-0.39, 0.29) is 0 Å². The van der Waals surface area contributed by atoms with Crippen LogP contribution in [-0.4, -0.2) is 26.8 Å². The van der Waals surface area contributed by atoms with Crippen LogP contribution < -0.4 is 10.1 Å². The number of aromatic nitrogens is 4. The zero-order valence-corrected chi connectivity index (χ0v) is 11.4. The van der Waals surface area contributed by atoms with Gasteiger partial charge in [-0.15, -0.1) is 0 Å². The standard InChI is InChI=1S/C11H12BrN5O/c1-17-11(14-15-16-17)13-6-8-5-9(12)4-7-2-3-18-10(7)8/h4-5H,2-3,6H2,1H3,(H,13,14,16). The van der Waals surface area contributed by atoms with Crippen LogP contribution >= 0.6 is 15.9 Å². The molecule has 2 heterocycles. The van der Waals surface area contributed by atoms with Crippen molar-refractivity contribution in [3.8, 4) is 5.75 Å². The Labute approximate surface area is 112 Å². The molecule has 0 saturated carbocycles. The molecule has 1 aromatic heterocycles. The molecule has 7 heteroatoms. The average molecular weight is 310 g/mol. The lowest BCUT2D eigenvalue weighted by Crippen LogP contribution is -2.06. The SMILES string of the molecule is Cn1nnnc1NCc1cc(Br)cc2c1OCC2. The fourth-order valence-electron chi connectivity index (χ4n) is 2.03. The highest BCUT2D eigenvalue weighted by Crippen LogP contribution is 2.33. The number of rotatable bonds is 3. The van der Waals surface area contributed by atoms with Crippen molar-refractivity contribution < 1.29 is 4.74 Å². The maximum absolute atomic E-state index is 5.67. The molecule has 1 N–H and O–H groups in total. The first-order valence-corrected chi connectivity index (χ1v) is 6.43. The van der Waals surface area contributed by atoms with Crippen LogP contribution in [0.1, 0.15) is 11.1 Å². The summed E-state index contributed by atoms with van der Waals surface area (Å²) < 4.78 is 8.33. The second kappa shape index (κ2) is 4.56. The van der Waals surface area contributed by atoms with E-state index < -0.39 is 0 Å². The molecule has 0 amide bonds. The highest BCUT2D eigenvalue weighted by atomic mass is 79.9.